The Bertz CT molecular complexity index is 570. The van der Waals surface area contributed by atoms with Crippen molar-refractivity contribution in [2.75, 3.05) is 0 Å². The normalized spacial score (nSPS) is 10.8. The second kappa shape index (κ2) is 6.68. The van der Waals surface area contributed by atoms with Gasteiger partial charge in [0.15, 0.2) is 5.75 Å². The largest absolute Gasteiger partial charge is 0.485 e. The summed E-state index contributed by atoms with van der Waals surface area (Å²) in [6, 6.07) is 7.52. The van der Waals surface area contributed by atoms with E-state index >= 15 is 0 Å². The second-order valence-electron chi connectivity index (χ2n) is 4.81. The summed E-state index contributed by atoms with van der Waals surface area (Å²) in [4.78, 5) is 8.74. The van der Waals surface area contributed by atoms with Gasteiger partial charge in [0.1, 0.15) is 12.4 Å². The third-order valence-electron chi connectivity index (χ3n) is 2.87. The van der Waals surface area contributed by atoms with Gasteiger partial charge in [-0.15, -0.1) is 0 Å². The van der Waals surface area contributed by atoms with Crippen LogP contribution < -0.4 is 10.5 Å². The molecule has 0 aliphatic rings. The van der Waals surface area contributed by atoms with Gasteiger partial charge in [-0.05, 0) is 17.7 Å². The van der Waals surface area contributed by atoms with E-state index in [2.05, 4.69) is 9.97 Å². The Morgan fingerprint density at radius 3 is 2.55 bits per heavy atom. The van der Waals surface area contributed by atoms with Crippen LogP contribution in [0.25, 0.3) is 0 Å². The highest BCUT2D eigenvalue weighted by Crippen LogP contribution is 2.19. The smallest absolute Gasteiger partial charge is 0.160 e. The van der Waals surface area contributed by atoms with Crippen molar-refractivity contribution in [3.05, 3.63) is 52.6 Å². The molecule has 0 amide bonds. The number of hydrogen-bond acceptors (Lipinski definition) is 4. The first-order valence-electron chi connectivity index (χ1n) is 6.53. The fraction of sp³-hybridized carbons (Fsp3) is 0.333. The molecule has 0 saturated carbocycles. The minimum absolute atomic E-state index is 0.269. The monoisotopic (exact) mass is 291 g/mol. The van der Waals surface area contributed by atoms with E-state index in [1.165, 1.54) is 0 Å². The molecule has 20 heavy (non-hydrogen) atoms. The Labute approximate surface area is 124 Å². The number of ether oxygens (including phenoxy) is 1. The molecule has 5 heteroatoms. The minimum atomic E-state index is 0.269. The fourth-order valence-electron chi connectivity index (χ4n) is 1.71. The molecule has 2 N–H and O–H groups in total. The molecule has 0 radical (unpaired) electrons. The van der Waals surface area contributed by atoms with Gasteiger partial charge in [-0.25, -0.2) is 9.97 Å². The SMILES string of the molecule is CC(C)c1ncc(OCc2ccc(Cl)cc2)c(CN)n1. The number of nitrogens with zero attached hydrogens (tertiary/aromatic N) is 2. The number of halogens is 1. The number of nitrogens with two attached hydrogens (primary N) is 1. The van der Waals surface area contributed by atoms with Gasteiger partial charge in [0.25, 0.3) is 0 Å². The molecule has 0 aliphatic heterocycles. The molecule has 0 fully saturated rings. The number of benzene rings is 1. The zero-order valence-electron chi connectivity index (χ0n) is 11.6. The van der Waals surface area contributed by atoms with Crippen LogP contribution in [0.4, 0.5) is 0 Å². The van der Waals surface area contributed by atoms with Crippen molar-refractivity contribution in [1.29, 1.82) is 0 Å². The van der Waals surface area contributed by atoms with Crippen molar-refractivity contribution in [3.63, 3.8) is 0 Å². The Kier molecular flexibility index (Phi) is 4.93. The van der Waals surface area contributed by atoms with Gasteiger partial charge in [0.05, 0.1) is 11.9 Å². The van der Waals surface area contributed by atoms with Gasteiger partial charge in [0.2, 0.25) is 0 Å². The first kappa shape index (κ1) is 14.8. The third kappa shape index (κ3) is 3.68. The van der Waals surface area contributed by atoms with Gasteiger partial charge < -0.3 is 10.5 Å². The summed E-state index contributed by atoms with van der Waals surface area (Å²) in [5, 5.41) is 0.709. The maximum Gasteiger partial charge on any atom is 0.160 e. The maximum atomic E-state index is 5.85. The molecule has 1 aromatic heterocycles. The fourth-order valence-corrected chi connectivity index (χ4v) is 1.83. The molecule has 2 aromatic rings. The van der Waals surface area contributed by atoms with Crippen LogP contribution in [-0.2, 0) is 13.2 Å². The molecule has 0 bridgehead atoms. The molecule has 106 valence electrons. The summed E-state index contributed by atoms with van der Waals surface area (Å²) >= 11 is 5.85. The summed E-state index contributed by atoms with van der Waals surface area (Å²) in [5.41, 5.74) is 7.49. The van der Waals surface area contributed by atoms with Crippen molar-refractivity contribution < 1.29 is 4.74 Å². The second-order valence-corrected chi connectivity index (χ2v) is 5.25. The van der Waals surface area contributed by atoms with Crippen LogP contribution in [0.15, 0.2) is 30.5 Å². The molecule has 0 unspecified atom stereocenters. The molecular weight excluding hydrogens is 274 g/mol. The lowest BCUT2D eigenvalue weighted by atomic mass is 10.2. The Morgan fingerprint density at radius 1 is 1.25 bits per heavy atom. The van der Waals surface area contributed by atoms with E-state index in [4.69, 9.17) is 22.1 Å². The highest BCUT2D eigenvalue weighted by Gasteiger charge is 2.09. The van der Waals surface area contributed by atoms with E-state index < -0.39 is 0 Å². The summed E-state index contributed by atoms with van der Waals surface area (Å²) < 4.78 is 5.74. The number of hydrogen-bond donors (Lipinski definition) is 1. The van der Waals surface area contributed by atoms with E-state index in [0.717, 1.165) is 17.1 Å². The summed E-state index contributed by atoms with van der Waals surface area (Å²) in [7, 11) is 0. The van der Waals surface area contributed by atoms with Gasteiger partial charge in [-0.1, -0.05) is 37.6 Å². The van der Waals surface area contributed by atoms with Crippen LogP contribution in [0.5, 0.6) is 5.75 Å². The molecule has 0 spiro atoms. The van der Waals surface area contributed by atoms with Gasteiger partial charge in [0, 0.05) is 17.5 Å². The molecule has 0 atom stereocenters. The van der Waals surface area contributed by atoms with E-state index in [9.17, 15) is 0 Å². The van der Waals surface area contributed by atoms with E-state index in [1.54, 1.807) is 6.20 Å². The standard InChI is InChI=1S/C15H18ClN3O/c1-10(2)15-18-8-14(13(7-17)19-15)20-9-11-3-5-12(16)6-4-11/h3-6,8,10H,7,9,17H2,1-2H3. The lowest BCUT2D eigenvalue weighted by Crippen LogP contribution is -2.09. The predicted octanol–water partition coefficient (Wildman–Crippen LogP) is 3.29. The van der Waals surface area contributed by atoms with E-state index in [1.807, 2.05) is 38.1 Å². The minimum Gasteiger partial charge on any atom is -0.485 e. The maximum absolute atomic E-state index is 5.85. The summed E-state index contributed by atoms with van der Waals surface area (Å²) in [6.07, 6.45) is 1.69. The first-order valence-corrected chi connectivity index (χ1v) is 6.91. The molecule has 2 rings (SSSR count). The van der Waals surface area contributed by atoms with Crippen LogP contribution in [0.3, 0.4) is 0 Å². The Hall–Kier alpha value is -1.65. The summed E-state index contributed by atoms with van der Waals surface area (Å²) in [6.45, 7) is 4.86. The van der Waals surface area contributed by atoms with E-state index in [-0.39, 0.29) is 5.92 Å². The van der Waals surface area contributed by atoms with Crippen LogP contribution in [0.1, 0.15) is 36.8 Å². The van der Waals surface area contributed by atoms with Crippen molar-refractivity contribution in [1.82, 2.24) is 9.97 Å². The van der Waals surface area contributed by atoms with Crippen molar-refractivity contribution in [2.45, 2.75) is 32.9 Å². The first-order chi connectivity index (χ1) is 9.60. The highest BCUT2D eigenvalue weighted by atomic mass is 35.5. The molecule has 0 saturated heterocycles. The van der Waals surface area contributed by atoms with Gasteiger partial charge >= 0.3 is 0 Å². The lowest BCUT2D eigenvalue weighted by molar-refractivity contribution is 0.299. The van der Waals surface area contributed by atoms with Crippen molar-refractivity contribution in [2.24, 2.45) is 5.73 Å². The zero-order valence-corrected chi connectivity index (χ0v) is 12.4. The molecular formula is C15H18ClN3O. The topological polar surface area (TPSA) is 61.0 Å². The average molecular weight is 292 g/mol. The molecule has 1 aromatic carbocycles. The lowest BCUT2D eigenvalue weighted by Gasteiger charge is -2.12. The molecule has 0 aliphatic carbocycles. The number of aromatic nitrogens is 2. The third-order valence-corrected chi connectivity index (χ3v) is 3.12. The van der Waals surface area contributed by atoms with Crippen LogP contribution >= 0.6 is 11.6 Å². The average Bonchev–Trinajstić information content (AvgIpc) is 2.46. The van der Waals surface area contributed by atoms with Gasteiger partial charge in [-0.2, -0.15) is 0 Å². The number of rotatable bonds is 5. The molecule has 4 nitrogen and oxygen atoms in total. The molecule has 1 heterocycles. The van der Waals surface area contributed by atoms with Crippen molar-refractivity contribution >= 4 is 11.6 Å². The van der Waals surface area contributed by atoms with E-state index in [0.29, 0.717) is 23.9 Å². The Balaban J connectivity index is 2.10. The zero-order chi connectivity index (χ0) is 14.5. The highest BCUT2D eigenvalue weighted by molar-refractivity contribution is 6.30. The Morgan fingerprint density at radius 2 is 1.95 bits per heavy atom. The van der Waals surface area contributed by atoms with Crippen molar-refractivity contribution in [3.8, 4) is 5.75 Å². The summed E-state index contributed by atoms with van der Waals surface area (Å²) in [5.74, 6) is 1.68. The van der Waals surface area contributed by atoms with Gasteiger partial charge in [-0.3, -0.25) is 0 Å². The quantitative estimate of drug-likeness (QED) is 0.918. The van der Waals surface area contributed by atoms with Crippen LogP contribution in [0, 0.1) is 0 Å². The van der Waals surface area contributed by atoms with Crippen LogP contribution in [0.2, 0.25) is 5.02 Å². The van der Waals surface area contributed by atoms with Crippen LogP contribution in [-0.4, -0.2) is 9.97 Å². The predicted molar refractivity (Wildman–Crippen MR) is 79.8 cm³/mol.